The van der Waals surface area contributed by atoms with E-state index in [1.165, 1.54) is 48.8 Å². The van der Waals surface area contributed by atoms with Crippen LogP contribution in [-0.2, 0) is 9.59 Å². The van der Waals surface area contributed by atoms with E-state index >= 15 is 0 Å². The second kappa shape index (κ2) is 8.16. The summed E-state index contributed by atoms with van der Waals surface area (Å²) in [5.41, 5.74) is 0.112. The zero-order valence-corrected chi connectivity index (χ0v) is 14.6. The predicted molar refractivity (Wildman–Crippen MR) is 95.1 cm³/mol. The van der Waals surface area contributed by atoms with Crippen molar-refractivity contribution in [3.63, 3.8) is 0 Å². The number of anilines is 1. The van der Waals surface area contributed by atoms with Crippen molar-refractivity contribution in [3.8, 4) is 5.75 Å². The molecule has 1 aromatic rings. The number of carbonyl (C=O) groups excluding carboxylic acids is 2. The van der Waals surface area contributed by atoms with Crippen molar-refractivity contribution in [2.24, 2.45) is 5.92 Å². The third kappa shape index (κ3) is 4.30. The molecule has 3 rings (SSSR count). The van der Waals surface area contributed by atoms with Crippen LogP contribution in [0.4, 0.5) is 11.4 Å². The molecule has 26 heavy (non-hydrogen) atoms. The van der Waals surface area contributed by atoms with Crippen molar-refractivity contribution in [2.75, 3.05) is 24.6 Å². The monoisotopic (exact) mass is 361 g/mol. The number of nitro groups is 1. The van der Waals surface area contributed by atoms with E-state index in [2.05, 4.69) is 5.32 Å². The van der Waals surface area contributed by atoms with Gasteiger partial charge >= 0.3 is 0 Å². The highest BCUT2D eigenvalue weighted by molar-refractivity contribution is 6.02. The van der Waals surface area contributed by atoms with Gasteiger partial charge in [0, 0.05) is 18.7 Å². The van der Waals surface area contributed by atoms with E-state index in [0.29, 0.717) is 12.3 Å². The first-order valence-corrected chi connectivity index (χ1v) is 9.03. The van der Waals surface area contributed by atoms with Gasteiger partial charge in [0.25, 0.3) is 11.6 Å². The molecule has 0 radical (unpaired) electrons. The van der Waals surface area contributed by atoms with Crippen LogP contribution in [0.15, 0.2) is 18.2 Å². The van der Waals surface area contributed by atoms with Crippen molar-refractivity contribution in [3.05, 3.63) is 28.3 Å². The molecule has 2 aliphatic rings. The minimum atomic E-state index is -0.541. The van der Waals surface area contributed by atoms with E-state index in [4.69, 9.17) is 4.74 Å². The highest BCUT2D eigenvalue weighted by atomic mass is 16.6. The lowest BCUT2D eigenvalue weighted by Crippen LogP contribution is -2.45. The van der Waals surface area contributed by atoms with Gasteiger partial charge in [-0.2, -0.15) is 0 Å². The lowest BCUT2D eigenvalue weighted by Gasteiger charge is -2.28. The van der Waals surface area contributed by atoms with Crippen LogP contribution in [0, 0.1) is 16.0 Å². The Morgan fingerprint density at radius 1 is 1.35 bits per heavy atom. The molecular weight excluding hydrogens is 338 g/mol. The van der Waals surface area contributed by atoms with Crippen molar-refractivity contribution in [2.45, 2.75) is 38.5 Å². The van der Waals surface area contributed by atoms with E-state index in [1.54, 1.807) is 0 Å². The highest BCUT2D eigenvalue weighted by Crippen LogP contribution is 2.35. The number of nitrogens with one attached hydrogen (secondary N) is 1. The molecule has 1 aromatic carbocycles. The Labute approximate surface area is 151 Å². The largest absolute Gasteiger partial charge is 0.482 e. The van der Waals surface area contributed by atoms with Gasteiger partial charge in [-0.1, -0.05) is 25.7 Å². The van der Waals surface area contributed by atoms with Gasteiger partial charge < -0.3 is 10.1 Å². The third-order valence-electron chi connectivity index (χ3n) is 4.98. The SMILES string of the molecule is O=C(CN1C(=O)COc2ccc([N+](=O)[O-])cc21)NCCCC1CCCC1. The predicted octanol–water partition coefficient (Wildman–Crippen LogP) is 2.41. The molecule has 1 aliphatic carbocycles. The van der Waals surface area contributed by atoms with Gasteiger partial charge in [0.2, 0.25) is 5.91 Å². The number of amides is 2. The molecule has 0 unspecified atom stereocenters. The van der Waals surface area contributed by atoms with E-state index in [-0.39, 0.29) is 36.3 Å². The first-order chi connectivity index (χ1) is 12.5. The Hall–Kier alpha value is -2.64. The number of nitrogens with zero attached hydrogens (tertiary/aromatic N) is 2. The minimum Gasteiger partial charge on any atom is -0.482 e. The van der Waals surface area contributed by atoms with Gasteiger partial charge in [0.1, 0.15) is 12.3 Å². The Balaban J connectivity index is 1.56. The number of carbonyl (C=O) groups is 2. The van der Waals surface area contributed by atoms with Crippen LogP contribution >= 0.6 is 0 Å². The normalized spacial score (nSPS) is 16.9. The number of benzene rings is 1. The van der Waals surface area contributed by atoms with Crippen molar-refractivity contribution >= 4 is 23.2 Å². The maximum Gasteiger partial charge on any atom is 0.271 e. The molecule has 1 heterocycles. The Morgan fingerprint density at radius 2 is 2.12 bits per heavy atom. The Kier molecular flexibility index (Phi) is 5.70. The van der Waals surface area contributed by atoms with Crippen molar-refractivity contribution < 1.29 is 19.2 Å². The summed E-state index contributed by atoms with van der Waals surface area (Å²) in [6.07, 6.45) is 7.22. The van der Waals surface area contributed by atoms with Crippen molar-refractivity contribution in [1.29, 1.82) is 0 Å². The molecule has 0 spiro atoms. The van der Waals surface area contributed by atoms with Crippen LogP contribution in [0.2, 0.25) is 0 Å². The van der Waals surface area contributed by atoms with Crippen LogP contribution in [0.1, 0.15) is 38.5 Å². The zero-order valence-electron chi connectivity index (χ0n) is 14.6. The molecule has 1 N–H and O–H groups in total. The number of non-ortho nitro benzene ring substituents is 1. The van der Waals surface area contributed by atoms with Gasteiger partial charge in [-0.3, -0.25) is 24.6 Å². The number of ether oxygens (including phenoxy) is 1. The quantitative estimate of drug-likeness (QED) is 0.456. The first-order valence-electron chi connectivity index (χ1n) is 9.03. The summed E-state index contributed by atoms with van der Waals surface area (Å²) in [5, 5.41) is 13.8. The van der Waals surface area contributed by atoms with E-state index in [0.717, 1.165) is 18.8 Å². The van der Waals surface area contributed by atoms with Gasteiger partial charge in [0.15, 0.2) is 6.61 Å². The molecule has 0 saturated heterocycles. The summed E-state index contributed by atoms with van der Waals surface area (Å²) in [7, 11) is 0. The summed E-state index contributed by atoms with van der Waals surface area (Å²) in [6.45, 7) is 0.231. The molecule has 8 nitrogen and oxygen atoms in total. The fourth-order valence-corrected chi connectivity index (χ4v) is 3.59. The Bertz CT molecular complexity index is 700. The third-order valence-corrected chi connectivity index (χ3v) is 4.98. The van der Waals surface area contributed by atoms with Crippen molar-refractivity contribution in [1.82, 2.24) is 5.32 Å². The number of fused-ring (bicyclic) bond motifs is 1. The Morgan fingerprint density at radius 3 is 2.85 bits per heavy atom. The smallest absolute Gasteiger partial charge is 0.271 e. The maximum atomic E-state index is 12.2. The molecule has 0 atom stereocenters. The molecule has 0 aromatic heterocycles. The van der Waals surface area contributed by atoms with Gasteiger partial charge in [-0.05, 0) is 24.8 Å². The highest BCUT2D eigenvalue weighted by Gasteiger charge is 2.29. The lowest BCUT2D eigenvalue weighted by molar-refractivity contribution is -0.384. The zero-order chi connectivity index (χ0) is 18.5. The molecule has 1 fully saturated rings. The molecule has 0 bridgehead atoms. The summed E-state index contributed by atoms with van der Waals surface area (Å²) < 4.78 is 5.29. The standard InChI is InChI=1S/C18H23N3O5/c22-17(19-9-3-6-13-4-1-2-5-13)11-20-15-10-14(21(24)25)7-8-16(15)26-12-18(20)23/h7-8,10,13H,1-6,9,11-12H2,(H,19,22). The number of rotatable bonds is 7. The maximum absolute atomic E-state index is 12.2. The van der Waals surface area contributed by atoms with Gasteiger partial charge in [-0.15, -0.1) is 0 Å². The number of hydrogen-bond acceptors (Lipinski definition) is 5. The average Bonchev–Trinajstić information content (AvgIpc) is 3.14. The van der Waals surface area contributed by atoms with E-state index < -0.39 is 4.92 Å². The fraction of sp³-hybridized carbons (Fsp3) is 0.556. The van der Waals surface area contributed by atoms with Crippen LogP contribution in [0.3, 0.4) is 0 Å². The lowest BCUT2D eigenvalue weighted by atomic mass is 10.0. The summed E-state index contributed by atoms with van der Waals surface area (Å²) in [6, 6.07) is 4.03. The molecule has 2 amide bonds. The van der Waals surface area contributed by atoms with Gasteiger partial charge in [0.05, 0.1) is 10.6 Å². The topological polar surface area (TPSA) is 102 Å². The molecule has 1 saturated carbocycles. The average molecular weight is 361 g/mol. The molecule has 8 heteroatoms. The van der Waals surface area contributed by atoms with Gasteiger partial charge in [-0.25, -0.2) is 0 Å². The van der Waals surface area contributed by atoms with Crippen LogP contribution < -0.4 is 15.0 Å². The first kappa shape index (κ1) is 18.2. The van der Waals surface area contributed by atoms with E-state index in [1.807, 2.05) is 0 Å². The number of nitro benzene ring substituents is 1. The summed E-state index contributed by atoms with van der Waals surface area (Å²) >= 11 is 0. The number of hydrogen-bond donors (Lipinski definition) is 1. The summed E-state index contributed by atoms with van der Waals surface area (Å²) in [5.74, 6) is 0.479. The van der Waals surface area contributed by atoms with Crippen LogP contribution in [0.25, 0.3) is 0 Å². The second-order valence-corrected chi connectivity index (χ2v) is 6.82. The molecule has 140 valence electrons. The fourth-order valence-electron chi connectivity index (χ4n) is 3.59. The van der Waals surface area contributed by atoms with Crippen LogP contribution in [-0.4, -0.2) is 36.4 Å². The molecular formula is C18H23N3O5. The second-order valence-electron chi connectivity index (χ2n) is 6.82. The summed E-state index contributed by atoms with van der Waals surface area (Å²) in [4.78, 5) is 36.0. The minimum absolute atomic E-state index is 0.149. The molecule has 1 aliphatic heterocycles. The van der Waals surface area contributed by atoms with Crippen LogP contribution in [0.5, 0.6) is 5.75 Å². The van der Waals surface area contributed by atoms with E-state index in [9.17, 15) is 19.7 Å².